The Morgan fingerprint density at radius 1 is 1.11 bits per heavy atom. The second-order valence-electron chi connectivity index (χ2n) is 4.07. The van der Waals surface area contributed by atoms with Crippen molar-refractivity contribution >= 4 is 11.5 Å². The Hall–Kier alpha value is -2.54. The highest BCUT2D eigenvalue weighted by Crippen LogP contribution is 2.09. The minimum Gasteiger partial charge on any atom is -0.392 e. The minimum atomic E-state index is 0.0571. The molecule has 3 rings (SSSR count). The number of nitrogens with one attached hydrogen (secondary N) is 1. The number of rotatable bonds is 4. The predicted molar refractivity (Wildman–Crippen MR) is 68.3 cm³/mol. The Morgan fingerprint density at radius 3 is 2.68 bits per heavy atom. The maximum atomic E-state index is 8.98. The largest absolute Gasteiger partial charge is 0.392 e. The Morgan fingerprint density at radius 2 is 1.89 bits per heavy atom. The molecule has 0 aliphatic heterocycles. The number of tetrazole rings is 1. The van der Waals surface area contributed by atoms with E-state index in [1.54, 1.807) is 16.9 Å². The minimum absolute atomic E-state index is 0.0571. The average molecular weight is 256 g/mol. The van der Waals surface area contributed by atoms with Crippen molar-refractivity contribution in [3.05, 3.63) is 47.8 Å². The van der Waals surface area contributed by atoms with Gasteiger partial charge in [0.1, 0.15) is 0 Å². The Balaban J connectivity index is 1.76. The fourth-order valence-corrected chi connectivity index (χ4v) is 1.75. The van der Waals surface area contributed by atoms with Crippen LogP contribution in [-0.2, 0) is 13.2 Å². The normalized spacial score (nSPS) is 10.8. The molecule has 0 atom stereocenters. The van der Waals surface area contributed by atoms with Crippen LogP contribution in [-0.4, -0.2) is 30.1 Å². The predicted octanol–water partition coefficient (Wildman–Crippen LogP) is 0.624. The first-order chi connectivity index (χ1) is 9.36. The molecule has 0 fully saturated rings. The number of benzene rings is 1. The molecule has 0 aliphatic carbocycles. The fourth-order valence-electron chi connectivity index (χ4n) is 1.75. The van der Waals surface area contributed by atoms with Gasteiger partial charge < -0.3 is 10.4 Å². The zero-order valence-corrected chi connectivity index (χ0v) is 10.1. The Bertz CT molecular complexity index is 678. The average Bonchev–Trinajstić information content (AvgIpc) is 2.94. The van der Waals surface area contributed by atoms with Gasteiger partial charge in [0, 0.05) is 6.54 Å². The summed E-state index contributed by atoms with van der Waals surface area (Å²) in [7, 11) is 0. The van der Waals surface area contributed by atoms with Gasteiger partial charge in [-0.3, -0.25) is 4.98 Å². The smallest absolute Gasteiger partial charge is 0.199 e. The van der Waals surface area contributed by atoms with Crippen molar-refractivity contribution < 1.29 is 5.11 Å². The summed E-state index contributed by atoms with van der Waals surface area (Å²) in [5, 5.41) is 23.5. The number of hydrogen-bond acceptors (Lipinski definition) is 6. The van der Waals surface area contributed by atoms with Crippen molar-refractivity contribution in [2.45, 2.75) is 13.2 Å². The van der Waals surface area contributed by atoms with Crippen molar-refractivity contribution in [3.8, 4) is 0 Å². The molecule has 2 heterocycles. The highest BCUT2D eigenvalue weighted by Gasteiger charge is 2.03. The van der Waals surface area contributed by atoms with Gasteiger partial charge in [-0.05, 0) is 21.6 Å². The quantitative estimate of drug-likeness (QED) is 0.711. The monoisotopic (exact) mass is 256 g/mol. The van der Waals surface area contributed by atoms with Crippen molar-refractivity contribution in [1.29, 1.82) is 0 Å². The fraction of sp³-hybridized carbons (Fsp3) is 0.167. The first-order valence-corrected chi connectivity index (χ1v) is 5.81. The van der Waals surface area contributed by atoms with E-state index in [1.807, 2.05) is 24.3 Å². The van der Waals surface area contributed by atoms with Crippen LogP contribution >= 0.6 is 0 Å². The summed E-state index contributed by atoms with van der Waals surface area (Å²) in [6.45, 7) is 0.688. The molecular formula is C12H12N6O. The topological polar surface area (TPSA) is 88.2 Å². The molecule has 0 amide bonds. The lowest BCUT2D eigenvalue weighted by molar-refractivity contribution is 0.282. The maximum Gasteiger partial charge on any atom is 0.199 e. The third kappa shape index (κ3) is 2.36. The van der Waals surface area contributed by atoms with Gasteiger partial charge in [0.15, 0.2) is 11.5 Å². The molecule has 1 aromatic carbocycles. The molecule has 19 heavy (non-hydrogen) atoms. The second kappa shape index (κ2) is 4.99. The van der Waals surface area contributed by atoms with E-state index in [1.165, 1.54) is 0 Å². The van der Waals surface area contributed by atoms with E-state index in [2.05, 4.69) is 25.8 Å². The third-order valence-corrected chi connectivity index (χ3v) is 2.79. The van der Waals surface area contributed by atoms with Crippen LogP contribution in [0.4, 0.5) is 5.82 Å². The van der Waals surface area contributed by atoms with Gasteiger partial charge in [-0.25, -0.2) is 0 Å². The molecule has 2 aromatic heterocycles. The maximum absolute atomic E-state index is 8.98. The molecule has 0 saturated carbocycles. The lowest BCUT2D eigenvalue weighted by Gasteiger charge is -2.07. The number of hydrogen-bond donors (Lipinski definition) is 2. The third-order valence-electron chi connectivity index (χ3n) is 2.79. The summed E-state index contributed by atoms with van der Waals surface area (Å²) < 4.78 is 1.59. The lowest BCUT2D eigenvalue weighted by atomic mass is 10.1. The van der Waals surface area contributed by atoms with Gasteiger partial charge in [-0.1, -0.05) is 24.3 Å². The van der Waals surface area contributed by atoms with Gasteiger partial charge in [0.05, 0.1) is 19.0 Å². The highest BCUT2D eigenvalue weighted by molar-refractivity contribution is 5.44. The van der Waals surface area contributed by atoms with Crippen LogP contribution in [0.2, 0.25) is 0 Å². The van der Waals surface area contributed by atoms with Gasteiger partial charge in [-0.15, -0.1) is 5.10 Å². The molecular weight excluding hydrogens is 244 g/mol. The summed E-state index contributed by atoms with van der Waals surface area (Å²) in [6, 6.07) is 7.72. The highest BCUT2D eigenvalue weighted by atomic mass is 16.3. The van der Waals surface area contributed by atoms with Crippen molar-refractivity contribution in [3.63, 3.8) is 0 Å². The molecule has 0 spiro atoms. The zero-order chi connectivity index (χ0) is 13.1. The van der Waals surface area contributed by atoms with Crippen LogP contribution in [0.25, 0.3) is 5.65 Å². The van der Waals surface area contributed by atoms with Crippen LogP contribution in [0.5, 0.6) is 0 Å². The molecule has 0 saturated heterocycles. The second-order valence-corrected chi connectivity index (χ2v) is 4.07. The van der Waals surface area contributed by atoms with Gasteiger partial charge >= 0.3 is 0 Å². The summed E-state index contributed by atoms with van der Waals surface area (Å²) in [5.74, 6) is 0.730. The summed E-state index contributed by atoms with van der Waals surface area (Å²) >= 11 is 0. The molecule has 7 nitrogen and oxygen atoms in total. The van der Waals surface area contributed by atoms with Gasteiger partial charge in [-0.2, -0.15) is 4.52 Å². The van der Waals surface area contributed by atoms with E-state index in [9.17, 15) is 0 Å². The van der Waals surface area contributed by atoms with Crippen LogP contribution in [0.15, 0.2) is 36.7 Å². The number of nitrogens with zero attached hydrogens (tertiary/aromatic N) is 5. The van der Waals surface area contributed by atoms with E-state index >= 15 is 0 Å². The Labute approximate surface area is 108 Å². The van der Waals surface area contributed by atoms with E-state index in [0.29, 0.717) is 12.2 Å². The molecule has 0 bridgehead atoms. The van der Waals surface area contributed by atoms with Crippen LogP contribution in [0.1, 0.15) is 11.1 Å². The van der Waals surface area contributed by atoms with Crippen LogP contribution < -0.4 is 5.32 Å². The first-order valence-electron chi connectivity index (χ1n) is 5.81. The van der Waals surface area contributed by atoms with Crippen molar-refractivity contribution in [2.75, 3.05) is 5.32 Å². The van der Waals surface area contributed by atoms with Gasteiger partial charge in [0.25, 0.3) is 0 Å². The molecule has 0 unspecified atom stereocenters. The van der Waals surface area contributed by atoms with Crippen molar-refractivity contribution in [2.24, 2.45) is 0 Å². The van der Waals surface area contributed by atoms with E-state index in [-0.39, 0.29) is 6.61 Å². The number of fused-ring (bicyclic) bond motifs is 1. The zero-order valence-electron chi connectivity index (χ0n) is 10.1. The van der Waals surface area contributed by atoms with Crippen LogP contribution in [0, 0.1) is 0 Å². The summed E-state index contributed by atoms with van der Waals surface area (Å²) in [6.07, 6.45) is 3.27. The SMILES string of the molecule is OCc1ccc(CNc2cncc3nnnn23)cc1. The number of aliphatic hydroxyl groups excluding tert-OH is 1. The Kier molecular flexibility index (Phi) is 3.03. The van der Waals surface area contributed by atoms with E-state index in [0.717, 1.165) is 16.9 Å². The first kappa shape index (κ1) is 11.5. The molecule has 3 aromatic rings. The molecule has 96 valence electrons. The summed E-state index contributed by atoms with van der Waals surface area (Å²) in [4.78, 5) is 4.07. The molecule has 0 radical (unpaired) electrons. The van der Waals surface area contributed by atoms with Crippen LogP contribution in [0.3, 0.4) is 0 Å². The van der Waals surface area contributed by atoms with E-state index in [4.69, 9.17) is 5.11 Å². The summed E-state index contributed by atoms with van der Waals surface area (Å²) in [5.41, 5.74) is 2.59. The van der Waals surface area contributed by atoms with E-state index < -0.39 is 0 Å². The number of aliphatic hydroxyl groups is 1. The number of aromatic nitrogens is 5. The van der Waals surface area contributed by atoms with Crippen molar-refractivity contribution in [1.82, 2.24) is 25.0 Å². The number of anilines is 1. The molecule has 7 heteroatoms. The van der Waals surface area contributed by atoms with Gasteiger partial charge in [0.2, 0.25) is 0 Å². The molecule has 0 aliphatic rings. The standard InChI is InChI=1S/C12H12N6O/c19-8-10-3-1-9(2-4-10)5-14-11-6-13-7-12-15-16-17-18(11)12/h1-4,6-7,14,19H,5,8H2. The molecule has 2 N–H and O–H groups in total. The lowest BCUT2D eigenvalue weighted by Crippen LogP contribution is -2.05.